The summed E-state index contributed by atoms with van der Waals surface area (Å²) in [5.74, 6) is 0.831. The van der Waals surface area contributed by atoms with Crippen LogP contribution in [0.1, 0.15) is 5.69 Å². The SMILES string of the molecule is Cc1cc(=O)n2nc(NCCOc3ccccc3)sc2n1. The zero-order valence-electron chi connectivity index (χ0n) is 11.4. The second kappa shape index (κ2) is 5.92. The van der Waals surface area contributed by atoms with Crippen molar-refractivity contribution < 1.29 is 4.74 Å². The van der Waals surface area contributed by atoms with Crippen molar-refractivity contribution in [2.75, 3.05) is 18.5 Å². The molecule has 0 atom stereocenters. The lowest BCUT2D eigenvalue weighted by Gasteiger charge is -2.05. The molecule has 3 aromatic rings. The molecule has 0 radical (unpaired) electrons. The van der Waals surface area contributed by atoms with Gasteiger partial charge in [-0.1, -0.05) is 29.5 Å². The zero-order valence-corrected chi connectivity index (χ0v) is 12.3. The van der Waals surface area contributed by atoms with Gasteiger partial charge in [0.2, 0.25) is 10.1 Å². The van der Waals surface area contributed by atoms with Gasteiger partial charge in [-0.05, 0) is 19.1 Å². The van der Waals surface area contributed by atoms with Crippen LogP contribution >= 0.6 is 11.3 Å². The summed E-state index contributed by atoms with van der Waals surface area (Å²) in [6, 6.07) is 11.1. The molecule has 0 fully saturated rings. The van der Waals surface area contributed by atoms with E-state index in [0.717, 1.165) is 5.75 Å². The first-order chi connectivity index (χ1) is 10.2. The van der Waals surface area contributed by atoms with Crippen LogP contribution in [0.3, 0.4) is 0 Å². The smallest absolute Gasteiger partial charge is 0.275 e. The third kappa shape index (κ3) is 3.19. The Morgan fingerprint density at radius 3 is 2.95 bits per heavy atom. The van der Waals surface area contributed by atoms with Crippen molar-refractivity contribution >= 4 is 21.4 Å². The monoisotopic (exact) mass is 302 g/mol. The van der Waals surface area contributed by atoms with Gasteiger partial charge >= 0.3 is 0 Å². The molecule has 21 heavy (non-hydrogen) atoms. The summed E-state index contributed by atoms with van der Waals surface area (Å²) < 4.78 is 6.88. The molecule has 7 heteroatoms. The highest BCUT2D eigenvalue weighted by molar-refractivity contribution is 7.20. The lowest BCUT2D eigenvalue weighted by Crippen LogP contribution is -2.15. The Labute approximate surface area is 125 Å². The standard InChI is InChI=1S/C14H14N4O2S/c1-10-9-12(19)18-14(16-10)21-13(17-18)15-7-8-20-11-5-3-2-4-6-11/h2-6,9H,7-8H2,1H3,(H,15,17). The predicted molar refractivity (Wildman–Crippen MR) is 82.3 cm³/mol. The van der Waals surface area contributed by atoms with Gasteiger partial charge in [-0.3, -0.25) is 4.79 Å². The Hall–Kier alpha value is -2.41. The highest BCUT2D eigenvalue weighted by Gasteiger charge is 2.06. The molecule has 0 saturated carbocycles. The summed E-state index contributed by atoms with van der Waals surface area (Å²) in [4.78, 5) is 16.6. The fraction of sp³-hybridized carbons (Fsp3) is 0.214. The minimum absolute atomic E-state index is 0.165. The highest BCUT2D eigenvalue weighted by Crippen LogP contribution is 2.16. The number of hydrogen-bond donors (Lipinski definition) is 1. The number of nitrogens with zero attached hydrogens (tertiary/aromatic N) is 3. The van der Waals surface area contributed by atoms with Gasteiger partial charge in [0.1, 0.15) is 12.4 Å². The van der Waals surface area contributed by atoms with Crippen molar-refractivity contribution in [1.29, 1.82) is 0 Å². The van der Waals surface area contributed by atoms with Gasteiger partial charge in [-0.2, -0.15) is 4.52 Å². The molecule has 0 aliphatic carbocycles. The van der Waals surface area contributed by atoms with Gasteiger partial charge in [0, 0.05) is 11.8 Å². The predicted octanol–water partition coefficient (Wildman–Crippen LogP) is 1.95. The average Bonchev–Trinajstić information content (AvgIpc) is 2.88. The number of benzene rings is 1. The Bertz CT molecular complexity index is 798. The summed E-state index contributed by atoms with van der Waals surface area (Å²) in [5, 5.41) is 7.98. The van der Waals surface area contributed by atoms with Crippen molar-refractivity contribution in [3.05, 3.63) is 52.4 Å². The molecule has 6 nitrogen and oxygen atoms in total. The van der Waals surface area contributed by atoms with Gasteiger partial charge in [0.15, 0.2) is 0 Å². The summed E-state index contributed by atoms with van der Waals surface area (Å²) >= 11 is 1.35. The van der Waals surface area contributed by atoms with E-state index in [1.165, 1.54) is 21.9 Å². The van der Waals surface area contributed by atoms with E-state index in [4.69, 9.17) is 4.74 Å². The maximum atomic E-state index is 11.7. The zero-order chi connectivity index (χ0) is 14.7. The minimum atomic E-state index is -0.165. The number of para-hydroxylation sites is 1. The quantitative estimate of drug-likeness (QED) is 0.730. The van der Waals surface area contributed by atoms with E-state index in [2.05, 4.69) is 15.4 Å². The third-order valence-corrected chi connectivity index (χ3v) is 3.63. The molecular weight excluding hydrogens is 288 g/mol. The summed E-state index contributed by atoms with van der Waals surface area (Å²) in [6.07, 6.45) is 0. The van der Waals surface area contributed by atoms with E-state index >= 15 is 0 Å². The fourth-order valence-corrected chi connectivity index (χ4v) is 2.71. The second-order valence-corrected chi connectivity index (χ2v) is 5.38. The van der Waals surface area contributed by atoms with Crippen LogP contribution in [0.4, 0.5) is 5.13 Å². The molecule has 0 saturated heterocycles. The van der Waals surface area contributed by atoms with Crippen LogP contribution < -0.4 is 15.6 Å². The lowest BCUT2D eigenvalue weighted by molar-refractivity contribution is 0.333. The highest BCUT2D eigenvalue weighted by atomic mass is 32.1. The number of hydrogen-bond acceptors (Lipinski definition) is 6. The molecule has 108 valence electrons. The van der Waals surface area contributed by atoms with Crippen molar-refractivity contribution in [3.8, 4) is 5.75 Å². The number of rotatable bonds is 5. The van der Waals surface area contributed by atoms with Crippen molar-refractivity contribution in [2.45, 2.75) is 6.92 Å². The van der Waals surface area contributed by atoms with Crippen LogP contribution in [-0.2, 0) is 0 Å². The Balaban J connectivity index is 1.61. The molecule has 1 N–H and O–H groups in total. The first-order valence-corrected chi connectivity index (χ1v) is 7.33. The maximum absolute atomic E-state index is 11.7. The number of fused-ring (bicyclic) bond motifs is 1. The average molecular weight is 302 g/mol. The second-order valence-electron chi connectivity index (χ2n) is 4.43. The van der Waals surface area contributed by atoms with Crippen LogP contribution in [0, 0.1) is 6.92 Å². The van der Waals surface area contributed by atoms with E-state index in [0.29, 0.717) is 28.9 Å². The summed E-state index contributed by atoms with van der Waals surface area (Å²) in [6.45, 7) is 2.91. The summed E-state index contributed by atoms with van der Waals surface area (Å²) in [5.41, 5.74) is 0.532. The van der Waals surface area contributed by atoms with Crippen LogP contribution in [0.15, 0.2) is 41.2 Å². The minimum Gasteiger partial charge on any atom is -0.492 e. The Morgan fingerprint density at radius 2 is 2.14 bits per heavy atom. The van der Waals surface area contributed by atoms with Crippen LogP contribution in [0.5, 0.6) is 5.75 Å². The number of anilines is 1. The van der Waals surface area contributed by atoms with Gasteiger partial charge in [0.05, 0.1) is 6.54 Å². The molecule has 0 unspecified atom stereocenters. The lowest BCUT2D eigenvalue weighted by atomic mass is 10.3. The van der Waals surface area contributed by atoms with Crippen LogP contribution in [-0.4, -0.2) is 27.7 Å². The molecule has 1 aromatic carbocycles. The van der Waals surface area contributed by atoms with Crippen LogP contribution in [0.25, 0.3) is 4.96 Å². The fourth-order valence-electron chi connectivity index (χ4n) is 1.84. The molecule has 0 aliphatic rings. The van der Waals surface area contributed by atoms with E-state index in [1.807, 2.05) is 30.3 Å². The van der Waals surface area contributed by atoms with E-state index < -0.39 is 0 Å². The van der Waals surface area contributed by atoms with Crippen molar-refractivity contribution in [2.24, 2.45) is 0 Å². The molecule has 2 heterocycles. The third-order valence-electron chi connectivity index (χ3n) is 2.76. The Kier molecular flexibility index (Phi) is 3.83. The molecule has 0 bridgehead atoms. The number of nitrogens with one attached hydrogen (secondary N) is 1. The van der Waals surface area contributed by atoms with E-state index in [9.17, 15) is 4.79 Å². The number of ether oxygens (including phenoxy) is 1. The van der Waals surface area contributed by atoms with Crippen LogP contribution in [0.2, 0.25) is 0 Å². The van der Waals surface area contributed by atoms with E-state index in [1.54, 1.807) is 6.92 Å². The molecule has 2 aromatic heterocycles. The largest absolute Gasteiger partial charge is 0.492 e. The molecule has 0 aliphatic heterocycles. The van der Waals surface area contributed by atoms with Gasteiger partial charge < -0.3 is 10.1 Å². The first-order valence-electron chi connectivity index (χ1n) is 6.51. The maximum Gasteiger partial charge on any atom is 0.275 e. The normalized spacial score (nSPS) is 10.7. The molecule has 0 spiro atoms. The van der Waals surface area contributed by atoms with E-state index in [-0.39, 0.29) is 5.56 Å². The summed E-state index contributed by atoms with van der Waals surface area (Å²) in [7, 11) is 0. The van der Waals surface area contributed by atoms with Gasteiger partial charge in [-0.25, -0.2) is 4.98 Å². The Morgan fingerprint density at radius 1 is 1.33 bits per heavy atom. The van der Waals surface area contributed by atoms with Gasteiger partial charge in [0.25, 0.3) is 5.56 Å². The van der Waals surface area contributed by atoms with Gasteiger partial charge in [-0.15, -0.1) is 5.10 Å². The first kappa shape index (κ1) is 13.6. The van der Waals surface area contributed by atoms with Crippen molar-refractivity contribution in [1.82, 2.24) is 14.6 Å². The van der Waals surface area contributed by atoms with Crippen molar-refractivity contribution in [3.63, 3.8) is 0 Å². The molecule has 0 amide bonds. The molecular formula is C14H14N4O2S. The topological polar surface area (TPSA) is 68.5 Å². The molecule has 3 rings (SSSR count). The number of aromatic nitrogens is 3. The number of aryl methyl sites for hydroxylation is 1.